The van der Waals surface area contributed by atoms with Crippen molar-refractivity contribution in [3.63, 3.8) is 0 Å². The van der Waals surface area contributed by atoms with Gasteiger partial charge in [-0.25, -0.2) is 4.79 Å². The van der Waals surface area contributed by atoms with E-state index in [2.05, 4.69) is 41.2 Å². The van der Waals surface area contributed by atoms with E-state index in [0.29, 0.717) is 18.9 Å². The molecule has 2 aliphatic rings. The Kier molecular flexibility index (Phi) is 6.72. The molecular formula is C24H32N4O2S. The monoisotopic (exact) mass is 440 g/mol. The lowest BCUT2D eigenvalue weighted by molar-refractivity contribution is -0.134. The molecule has 2 aromatic rings. The van der Waals surface area contributed by atoms with Crippen LogP contribution in [-0.2, 0) is 17.8 Å². The van der Waals surface area contributed by atoms with E-state index >= 15 is 0 Å². The maximum absolute atomic E-state index is 13.6. The fraction of sp³-hybridized carbons (Fsp3) is 0.542. The van der Waals surface area contributed by atoms with Gasteiger partial charge < -0.3 is 5.32 Å². The molecule has 7 heteroatoms. The van der Waals surface area contributed by atoms with Gasteiger partial charge in [0, 0.05) is 30.4 Å². The van der Waals surface area contributed by atoms with Crippen LogP contribution in [0.5, 0.6) is 0 Å². The smallest absolute Gasteiger partial charge is 0.323 e. The summed E-state index contributed by atoms with van der Waals surface area (Å²) in [5.41, 5.74) is 0.448. The Hall–Kier alpha value is -2.25. The molecule has 0 radical (unpaired) electrons. The van der Waals surface area contributed by atoms with Gasteiger partial charge in [0.15, 0.2) is 0 Å². The van der Waals surface area contributed by atoms with Gasteiger partial charge in [0.25, 0.3) is 5.91 Å². The van der Waals surface area contributed by atoms with Crippen molar-refractivity contribution in [2.45, 2.75) is 51.6 Å². The fourth-order valence-corrected chi connectivity index (χ4v) is 5.78. The maximum Gasteiger partial charge on any atom is 0.325 e. The molecule has 1 N–H and O–H groups in total. The molecule has 0 spiro atoms. The van der Waals surface area contributed by atoms with Crippen molar-refractivity contribution in [2.24, 2.45) is 11.8 Å². The summed E-state index contributed by atoms with van der Waals surface area (Å²) in [6, 6.07) is 7.92. The van der Waals surface area contributed by atoms with Crippen LogP contribution in [0.15, 0.2) is 42.0 Å². The van der Waals surface area contributed by atoms with Crippen LogP contribution < -0.4 is 5.32 Å². The number of urea groups is 1. The minimum atomic E-state index is -0.763. The van der Waals surface area contributed by atoms with Crippen LogP contribution >= 0.6 is 11.3 Å². The average molecular weight is 441 g/mol. The average Bonchev–Trinajstić information content (AvgIpc) is 3.35. The van der Waals surface area contributed by atoms with E-state index in [-0.39, 0.29) is 17.9 Å². The molecule has 0 aromatic carbocycles. The number of carbonyl (C=O) groups excluding carboxylic acids is 2. The highest BCUT2D eigenvalue weighted by atomic mass is 32.1. The van der Waals surface area contributed by atoms with Crippen LogP contribution in [0.2, 0.25) is 0 Å². The fourth-order valence-electron chi connectivity index (χ4n) is 5.08. The number of pyridine rings is 1. The molecule has 166 valence electrons. The number of carbonyl (C=O) groups is 2. The number of imide groups is 1. The summed E-state index contributed by atoms with van der Waals surface area (Å²) in [4.78, 5) is 35.8. The zero-order valence-electron chi connectivity index (χ0n) is 18.4. The molecule has 3 amide bonds. The van der Waals surface area contributed by atoms with Crippen molar-refractivity contribution in [1.29, 1.82) is 0 Å². The standard InChI is InChI=1S/C24H32N4O2S/c1-18(2)15-24(20-7-11-27(12-8-20)17-19-5-3-10-25-16-19)22(29)28(23(30)26-24)13-9-21-6-4-14-31-21/h3-6,10,14,16,18,20H,7-9,11-13,15,17H2,1-2H3,(H,26,30)/t24-/m0/s1. The summed E-state index contributed by atoms with van der Waals surface area (Å²) in [7, 11) is 0. The van der Waals surface area contributed by atoms with E-state index in [1.807, 2.05) is 23.7 Å². The number of nitrogens with one attached hydrogen (secondary N) is 1. The number of piperidine rings is 1. The van der Waals surface area contributed by atoms with Gasteiger partial charge in [-0.15, -0.1) is 11.3 Å². The predicted octanol–water partition coefficient (Wildman–Crippen LogP) is 3.93. The lowest BCUT2D eigenvalue weighted by Gasteiger charge is -2.41. The maximum atomic E-state index is 13.6. The highest BCUT2D eigenvalue weighted by Crippen LogP contribution is 2.38. The van der Waals surface area contributed by atoms with Crippen LogP contribution in [0.1, 0.15) is 43.6 Å². The highest BCUT2D eigenvalue weighted by molar-refractivity contribution is 7.09. The van der Waals surface area contributed by atoms with Crippen molar-refractivity contribution in [3.05, 3.63) is 52.5 Å². The van der Waals surface area contributed by atoms with Gasteiger partial charge in [-0.1, -0.05) is 26.0 Å². The van der Waals surface area contributed by atoms with Gasteiger partial charge in [0.1, 0.15) is 5.54 Å². The quantitative estimate of drug-likeness (QED) is 0.632. The van der Waals surface area contributed by atoms with Crippen molar-refractivity contribution in [2.75, 3.05) is 19.6 Å². The van der Waals surface area contributed by atoms with E-state index in [9.17, 15) is 9.59 Å². The van der Waals surface area contributed by atoms with Crippen molar-refractivity contribution >= 4 is 23.3 Å². The molecule has 2 fully saturated rings. The van der Waals surface area contributed by atoms with Crippen LogP contribution in [0.3, 0.4) is 0 Å². The minimum Gasteiger partial charge on any atom is -0.323 e. The molecule has 31 heavy (non-hydrogen) atoms. The molecule has 2 aromatic heterocycles. The molecule has 2 aliphatic heterocycles. The molecule has 2 saturated heterocycles. The number of thiophene rings is 1. The van der Waals surface area contributed by atoms with Crippen molar-refractivity contribution < 1.29 is 9.59 Å². The summed E-state index contributed by atoms with van der Waals surface area (Å²) in [5.74, 6) is 0.478. The van der Waals surface area contributed by atoms with Gasteiger partial charge in [0.2, 0.25) is 0 Å². The summed E-state index contributed by atoms with van der Waals surface area (Å²) in [6.07, 6.45) is 6.95. The lowest BCUT2D eigenvalue weighted by atomic mass is 9.73. The Bertz CT molecular complexity index is 878. The van der Waals surface area contributed by atoms with Crippen LogP contribution in [0, 0.1) is 11.8 Å². The van der Waals surface area contributed by atoms with Crippen LogP contribution in [-0.4, -0.2) is 51.9 Å². The van der Waals surface area contributed by atoms with Crippen LogP contribution in [0.4, 0.5) is 4.79 Å². The number of aromatic nitrogens is 1. The van der Waals surface area contributed by atoms with Gasteiger partial charge in [-0.05, 0) is 73.7 Å². The third kappa shape index (κ3) is 4.83. The number of likely N-dealkylation sites (tertiary alicyclic amines) is 1. The molecule has 4 rings (SSSR count). The van der Waals surface area contributed by atoms with Crippen molar-refractivity contribution in [3.8, 4) is 0 Å². The molecule has 0 aliphatic carbocycles. The lowest BCUT2D eigenvalue weighted by Crippen LogP contribution is -2.56. The normalized spacial score (nSPS) is 23.0. The van der Waals surface area contributed by atoms with Crippen LogP contribution in [0.25, 0.3) is 0 Å². The number of hydrogen-bond donors (Lipinski definition) is 1. The Morgan fingerprint density at radius 1 is 1.23 bits per heavy atom. The van der Waals surface area contributed by atoms with E-state index < -0.39 is 5.54 Å². The molecule has 1 atom stereocenters. The molecule has 0 saturated carbocycles. The Labute approximate surface area is 188 Å². The molecule has 0 bridgehead atoms. The number of hydrogen-bond acceptors (Lipinski definition) is 5. The Morgan fingerprint density at radius 2 is 2.03 bits per heavy atom. The van der Waals surface area contributed by atoms with Gasteiger partial charge in [0.05, 0.1) is 0 Å². The summed E-state index contributed by atoms with van der Waals surface area (Å²) < 4.78 is 0. The Morgan fingerprint density at radius 3 is 2.68 bits per heavy atom. The molecule has 6 nitrogen and oxygen atoms in total. The summed E-state index contributed by atoms with van der Waals surface area (Å²) in [6.45, 7) is 7.45. The topological polar surface area (TPSA) is 65.5 Å². The third-order valence-corrected chi connectivity index (χ3v) is 7.44. The number of amides is 3. The second-order valence-corrected chi connectivity index (χ2v) is 10.2. The number of nitrogens with zero attached hydrogens (tertiary/aromatic N) is 3. The number of rotatable bonds is 8. The van der Waals surface area contributed by atoms with Gasteiger partial charge in [-0.3, -0.25) is 19.6 Å². The molecule has 4 heterocycles. The minimum absolute atomic E-state index is 0.0199. The zero-order chi connectivity index (χ0) is 21.8. The Balaban J connectivity index is 1.44. The van der Waals surface area contributed by atoms with E-state index in [1.165, 1.54) is 15.3 Å². The van der Waals surface area contributed by atoms with Gasteiger partial charge >= 0.3 is 6.03 Å². The van der Waals surface area contributed by atoms with E-state index in [1.54, 1.807) is 17.5 Å². The second kappa shape index (κ2) is 9.49. The van der Waals surface area contributed by atoms with Gasteiger partial charge in [-0.2, -0.15) is 0 Å². The van der Waals surface area contributed by atoms with E-state index in [4.69, 9.17) is 0 Å². The first-order valence-electron chi connectivity index (χ1n) is 11.3. The summed E-state index contributed by atoms with van der Waals surface area (Å²) in [5, 5.41) is 5.21. The molecule has 0 unspecified atom stereocenters. The third-order valence-electron chi connectivity index (χ3n) is 6.51. The predicted molar refractivity (Wildman–Crippen MR) is 123 cm³/mol. The first-order valence-corrected chi connectivity index (χ1v) is 12.1. The SMILES string of the molecule is CC(C)C[C@@]1(C2CCN(Cc3cccnc3)CC2)NC(=O)N(CCc2cccs2)C1=O. The first-order chi connectivity index (χ1) is 15.0. The zero-order valence-corrected chi connectivity index (χ0v) is 19.2. The van der Waals surface area contributed by atoms with Crippen molar-refractivity contribution in [1.82, 2.24) is 20.1 Å². The first kappa shape index (κ1) is 22.0. The second-order valence-electron chi connectivity index (χ2n) is 9.20. The summed E-state index contributed by atoms with van der Waals surface area (Å²) >= 11 is 1.67. The largest absolute Gasteiger partial charge is 0.325 e. The van der Waals surface area contributed by atoms with E-state index in [0.717, 1.165) is 38.9 Å². The molecular weight excluding hydrogens is 408 g/mol. The highest BCUT2D eigenvalue weighted by Gasteiger charge is 2.55.